The molecule has 0 aliphatic heterocycles. The van der Waals surface area contributed by atoms with Crippen molar-refractivity contribution >= 4 is 17.8 Å². The normalized spacial score (nSPS) is 15.0. The third kappa shape index (κ3) is 8.46. The van der Waals surface area contributed by atoms with Crippen molar-refractivity contribution in [1.29, 1.82) is 0 Å². The molecule has 0 saturated heterocycles. The number of hydrogen-bond acceptors (Lipinski definition) is 7. The van der Waals surface area contributed by atoms with E-state index in [2.05, 4.69) is 10.6 Å². The van der Waals surface area contributed by atoms with Crippen molar-refractivity contribution < 1.29 is 29.7 Å². The predicted octanol–water partition coefficient (Wildman–Crippen LogP) is -1.17. The van der Waals surface area contributed by atoms with E-state index < -0.39 is 42.0 Å². The molecule has 2 amide bonds. The summed E-state index contributed by atoms with van der Waals surface area (Å²) in [5.74, 6) is -2.59. The van der Waals surface area contributed by atoms with Gasteiger partial charge in [-0.15, -0.1) is 0 Å². The fourth-order valence-corrected chi connectivity index (χ4v) is 2.66. The minimum Gasteiger partial charge on any atom is -0.508 e. The summed E-state index contributed by atoms with van der Waals surface area (Å²) in [5.41, 5.74) is 12.1. The maximum atomic E-state index is 12.5. The summed E-state index contributed by atoms with van der Waals surface area (Å²) in [6.45, 7) is 1.66. The van der Waals surface area contributed by atoms with Gasteiger partial charge in [0.2, 0.25) is 11.8 Å². The Bertz CT molecular complexity index is 680. The van der Waals surface area contributed by atoms with E-state index in [9.17, 15) is 24.6 Å². The van der Waals surface area contributed by atoms with Crippen LogP contribution < -0.4 is 22.1 Å². The first-order valence-corrected chi connectivity index (χ1v) is 9.40. The van der Waals surface area contributed by atoms with Gasteiger partial charge >= 0.3 is 5.97 Å². The molecule has 0 radical (unpaired) electrons. The van der Waals surface area contributed by atoms with Gasteiger partial charge in [0.25, 0.3) is 0 Å². The third-order valence-electron chi connectivity index (χ3n) is 4.35. The highest BCUT2D eigenvalue weighted by Gasteiger charge is 2.30. The predicted molar refractivity (Wildman–Crippen MR) is 106 cm³/mol. The molecule has 1 rings (SSSR count). The fraction of sp³-hybridized carbons (Fsp3) is 0.526. The first-order valence-electron chi connectivity index (χ1n) is 9.40. The zero-order chi connectivity index (χ0) is 22.0. The number of nitrogens with one attached hydrogen (secondary N) is 2. The van der Waals surface area contributed by atoms with Gasteiger partial charge in [-0.05, 0) is 56.8 Å². The van der Waals surface area contributed by atoms with Gasteiger partial charge in [0.1, 0.15) is 11.8 Å². The van der Waals surface area contributed by atoms with E-state index in [1.54, 1.807) is 12.1 Å². The summed E-state index contributed by atoms with van der Waals surface area (Å²) in [6, 6.07) is 2.76. The number of aliphatic hydroxyl groups is 1. The number of phenols is 1. The summed E-state index contributed by atoms with van der Waals surface area (Å²) in [6.07, 6.45) is 0.280. The number of carboxylic acids is 1. The first-order chi connectivity index (χ1) is 13.6. The fourth-order valence-electron chi connectivity index (χ4n) is 2.66. The van der Waals surface area contributed by atoms with Crippen LogP contribution in [-0.2, 0) is 20.8 Å². The average molecular weight is 410 g/mol. The molecular weight excluding hydrogens is 380 g/mol. The SMILES string of the molecule is CC(O)C(NC(=O)C(CCCCN)NC(=O)C(N)Cc1ccc(O)cc1)C(=O)O. The quantitative estimate of drug-likeness (QED) is 0.210. The maximum absolute atomic E-state index is 12.5. The number of aliphatic hydroxyl groups excluding tert-OH is 1. The Morgan fingerprint density at radius 2 is 1.69 bits per heavy atom. The lowest BCUT2D eigenvalue weighted by Crippen LogP contribution is -2.56. The number of aliphatic carboxylic acids is 1. The summed E-state index contributed by atoms with van der Waals surface area (Å²) >= 11 is 0. The Morgan fingerprint density at radius 1 is 1.07 bits per heavy atom. The number of nitrogens with two attached hydrogens (primary N) is 2. The van der Waals surface area contributed by atoms with E-state index in [1.807, 2.05) is 0 Å². The van der Waals surface area contributed by atoms with Gasteiger partial charge in [-0.2, -0.15) is 0 Å². The van der Waals surface area contributed by atoms with Crippen LogP contribution in [0.1, 0.15) is 31.7 Å². The van der Waals surface area contributed by atoms with Crippen LogP contribution in [0.3, 0.4) is 0 Å². The highest BCUT2D eigenvalue weighted by atomic mass is 16.4. The number of hydrogen-bond donors (Lipinski definition) is 7. The third-order valence-corrected chi connectivity index (χ3v) is 4.35. The molecule has 10 nitrogen and oxygen atoms in total. The molecule has 1 aromatic rings. The molecule has 4 atom stereocenters. The van der Waals surface area contributed by atoms with Crippen molar-refractivity contribution in [1.82, 2.24) is 10.6 Å². The number of carboxylic acid groups (broad SMARTS) is 1. The number of benzene rings is 1. The number of aromatic hydroxyl groups is 1. The molecule has 4 unspecified atom stereocenters. The summed E-state index contributed by atoms with van der Waals surface area (Å²) in [7, 11) is 0. The van der Waals surface area contributed by atoms with Crippen LogP contribution in [0.4, 0.5) is 0 Å². The topological polar surface area (TPSA) is 188 Å². The number of unbranched alkanes of at least 4 members (excludes halogenated alkanes) is 1. The molecule has 0 heterocycles. The van der Waals surface area contributed by atoms with Crippen LogP contribution >= 0.6 is 0 Å². The van der Waals surface area contributed by atoms with E-state index in [1.165, 1.54) is 19.1 Å². The van der Waals surface area contributed by atoms with Crippen molar-refractivity contribution in [2.75, 3.05) is 6.54 Å². The standard InChI is InChI=1S/C19H30N4O6/c1-11(24)16(19(28)29)23-18(27)15(4-2-3-9-20)22-17(26)14(21)10-12-5-7-13(25)8-6-12/h5-8,11,14-16,24-25H,2-4,9-10,20-21H2,1H3,(H,22,26)(H,23,27)(H,28,29). The smallest absolute Gasteiger partial charge is 0.328 e. The molecule has 0 aliphatic rings. The zero-order valence-electron chi connectivity index (χ0n) is 16.4. The maximum Gasteiger partial charge on any atom is 0.328 e. The van der Waals surface area contributed by atoms with Crippen LogP contribution in [-0.4, -0.2) is 63.9 Å². The van der Waals surface area contributed by atoms with E-state index in [4.69, 9.17) is 16.6 Å². The Hall–Kier alpha value is -2.69. The van der Waals surface area contributed by atoms with Crippen LogP contribution in [0.5, 0.6) is 5.75 Å². The first kappa shape index (κ1) is 24.3. The molecule has 10 heteroatoms. The van der Waals surface area contributed by atoms with Crippen molar-refractivity contribution in [3.63, 3.8) is 0 Å². The highest BCUT2D eigenvalue weighted by molar-refractivity contribution is 5.92. The number of amides is 2. The van der Waals surface area contributed by atoms with E-state index in [0.29, 0.717) is 19.4 Å². The number of carbonyl (C=O) groups is 3. The molecule has 29 heavy (non-hydrogen) atoms. The van der Waals surface area contributed by atoms with Gasteiger partial charge in [0.05, 0.1) is 12.1 Å². The Kier molecular flexibility index (Phi) is 10.1. The lowest BCUT2D eigenvalue weighted by Gasteiger charge is -2.24. The largest absolute Gasteiger partial charge is 0.508 e. The molecule has 0 aliphatic carbocycles. The van der Waals surface area contributed by atoms with Crippen LogP contribution in [0.25, 0.3) is 0 Å². The Balaban J connectivity index is 2.79. The number of carbonyl (C=O) groups excluding carboxylic acids is 2. The van der Waals surface area contributed by atoms with Crippen molar-refractivity contribution in [2.24, 2.45) is 11.5 Å². The van der Waals surface area contributed by atoms with Gasteiger partial charge in [0.15, 0.2) is 6.04 Å². The second-order valence-corrected chi connectivity index (χ2v) is 6.89. The molecular formula is C19H30N4O6. The average Bonchev–Trinajstić information content (AvgIpc) is 2.66. The summed E-state index contributed by atoms with van der Waals surface area (Å²) in [4.78, 5) is 36.2. The Labute approximate surface area is 169 Å². The van der Waals surface area contributed by atoms with Crippen molar-refractivity contribution in [2.45, 2.75) is 56.8 Å². The number of rotatable bonds is 12. The molecule has 9 N–H and O–H groups in total. The Morgan fingerprint density at radius 3 is 2.21 bits per heavy atom. The van der Waals surface area contributed by atoms with Crippen LogP contribution in [0.2, 0.25) is 0 Å². The van der Waals surface area contributed by atoms with Gasteiger partial charge in [-0.1, -0.05) is 12.1 Å². The highest BCUT2D eigenvalue weighted by Crippen LogP contribution is 2.11. The van der Waals surface area contributed by atoms with Crippen LogP contribution in [0.15, 0.2) is 24.3 Å². The van der Waals surface area contributed by atoms with Gasteiger partial charge in [-0.3, -0.25) is 9.59 Å². The lowest BCUT2D eigenvalue weighted by molar-refractivity contribution is -0.145. The molecule has 0 bridgehead atoms. The zero-order valence-corrected chi connectivity index (χ0v) is 16.4. The summed E-state index contributed by atoms with van der Waals surface area (Å²) < 4.78 is 0. The number of phenolic OH excluding ortho intramolecular Hbond substituents is 1. The van der Waals surface area contributed by atoms with Gasteiger partial charge in [0, 0.05) is 0 Å². The van der Waals surface area contributed by atoms with E-state index >= 15 is 0 Å². The second kappa shape index (κ2) is 12.0. The minimum atomic E-state index is -1.50. The van der Waals surface area contributed by atoms with E-state index in [-0.39, 0.29) is 18.6 Å². The monoisotopic (exact) mass is 410 g/mol. The second-order valence-electron chi connectivity index (χ2n) is 6.89. The van der Waals surface area contributed by atoms with Gasteiger partial charge in [-0.25, -0.2) is 4.79 Å². The minimum absolute atomic E-state index is 0.0921. The molecule has 0 spiro atoms. The van der Waals surface area contributed by atoms with Gasteiger partial charge < -0.3 is 37.4 Å². The molecule has 1 aromatic carbocycles. The lowest BCUT2D eigenvalue weighted by atomic mass is 10.0. The molecule has 0 fully saturated rings. The van der Waals surface area contributed by atoms with Crippen molar-refractivity contribution in [3.8, 4) is 5.75 Å². The van der Waals surface area contributed by atoms with Crippen LogP contribution in [0, 0.1) is 0 Å². The molecule has 162 valence electrons. The molecule has 0 aromatic heterocycles. The summed E-state index contributed by atoms with van der Waals surface area (Å²) in [5, 5.41) is 32.8. The van der Waals surface area contributed by atoms with E-state index in [0.717, 1.165) is 5.56 Å². The molecule has 0 saturated carbocycles. The van der Waals surface area contributed by atoms with Crippen molar-refractivity contribution in [3.05, 3.63) is 29.8 Å².